The molecule has 0 aliphatic heterocycles. The van der Waals surface area contributed by atoms with Gasteiger partial charge in [-0.25, -0.2) is 24.3 Å². The van der Waals surface area contributed by atoms with E-state index < -0.39 is 0 Å². The highest BCUT2D eigenvalue weighted by Crippen LogP contribution is 2.35. The summed E-state index contributed by atoms with van der Waals surface area (Å²) in [7, 11) is 0. The number of rotatable bonds is 4. The summed E-state index contributed by atoms with van der Waals surface area (Å²) in [6, 6.07) is 13.9. The maximum Gasteiger partial charge on any atom is 0.162 e. The van der Waals surface area contributed by atoms with Gasteiger partial charge in [0.05, 0.1) is 23.6 Å². The number of aromatic nitrogens is 5. The molecule has 30 heavy (non-hydrogen) atoms. The second-order valence-corrected chi connectivity index (χ2v) is 7.34. The molecule has 0 bridgehead atoms. The van der Waals surface area contributed by atoms with E-state index in [4.69, 9.17) is 16.6 Å². The van der Waals surface area contributed by atoms with Gasteiger partial charge < -0.3 is 10.3 Å². The van der Waals surface area contributed by atoms with Crippen molar-refractivity contribution >= 4 is 39.5 Å². The zero-order chi connectivity index (χ0) is 20.7. The van der Waals surface area contributed by atoms with Crippen LogP contribution in [0.2, 0.25) is 5.02 Å². The van der Waals surface area contributed by atoms with Crippen LogP contribution in [0, 0.1) is 5.82 Å². The molecule has 0 unspecified atom stereocenters. The van der Waals surface area contributed by atoms with Crippen molar-refractivity contribution in [3.05, 3.63) is 77.6 Å². The third-order valence-corrected chi connectivity index (χ3v) is 5.30. The zero-order valence-electron chi connectivity index (χ0n) is 15.9. The minimum absolute atomic E-state index is 0.187. The van der Waals surface area contributed by atoms with Gasteiger partial charge in [-0.15, -0.1) is 0 Å². The normalized spacial score (nSPS) is 12.4. The highest BCUT2D eigenvalue weighted by atomic mass is 35.5. The molecule has 0 radical (unpaired) electrons. The van der Waals surface area contributed by atoms with Crippen molar-refractivity contribution < 1.29 is 4.39 Å². The number of nitrogens with one attached hydrogen (secondary N) is 2. The molecule has 0 saturated heterocycles. The molecule has 3 heterocycles. The quantitative estimate of drug-likeness (QED) is 0.401. The first-order valence-electron chi connectivity index (χ1n) is 9.36. The Bertz CT molecular complexity index is 1380. The lowest BCUT2D eigenvalue weighted by Gasteiger charge is -2.19. The minimum atomic E-state index is -0.332. The predicted octanol–water partition coefficient (Wildman–Crippen LogP) is 5.53. The van der Waals surface area contributed by atoms with E-state index in [1.54, 1.807) is 12.4 Å². The number of nitrogens with zero attached hydrogens (tertiary/aromatic N) is 4. The fourth-order valence-corrected chi connectivity index (χ4v) is 3.73. The summed E-state index contributed by atoms with van der Waals surface area (Å²) >= 11 is 6.47. The summed E-state index contributed by atoms with van der Waals surface area (Å²) in [6.07, 6.45) is 3.06. The van der Waals surface area contributed by atoms with Gasteiger partial charge in [-0.2, -0.15) is 0 Å². The molecule has 0 fully saturated rings. The van der Waals surface area contributed by atoms with E-state index in [9.17, 15) is 4.39 Å². The van der Waals surface area contributed by atoms with Crippen molar-refractivity contribution in [2.24, 2.45) is 0 Å². The highest BCUT2D eigenvalue weighted by Gasteiger charge is 2.19. The fraction of sp³-hybridized carbons (Fsp3) is 0.0909. The molecule has 0 aliphatic rings. The number of anilines is 1. The summed E-state index contributed by atoms with van der Waals surface area (Å²) < 4.78 is 13.8. The summed E-state index contributed by atoms with van der Waals surface area (Å²) in [6.45, 7) is 2.01. The Morgan fingerprint density at radius 2 is 1.93 bits per heavy atom. The lowest BCUT2D eigenvalue weighted by molar-refractivity contribution is 0.629. The lowest BCUT2D eigenvalue weighted by atomic mass is 9.98. The monoisotopic (exact) mass is 418 g/mol. The standard InChI is InChI=1S/C22H16ClFN6/c1-12(29-22-20-21(26-10-25-20)27-11-28-22)16-8-13-6-7-14(24)9-18(13)30-19(16)15-4-2-3-5-17(15)23/h2-12H,1H3,(H2,25,26,27,28,29)/t12-/m1/s1. The largest absolute Gasteiger partial charge is 0.362 e. The predicted molar refractivity (Wildman–Crippen MR) is 116 cm³/mol. The van der Waals surface area contributed by atoms with Crippen LogP contribution < -0.4 is 5.32 Å². The van der Waals surface area contributed by atoms with Crippen LogP contribution in [0.25, 0.3) is 33.3 Å². The number of pyridine rings is 1. The average Bonchev–Trinajstić information content (AvgIpc) is 3.23. The second-order valence-electron chi connectivity index (χ2n) is 6.93. The summed E-state index contributed by atoms with van der Waals surface area (Å²) in [5.41, 5.74) is 4.24. The van der Waals surface area contributed by atoms with Gasteiger partial charge >= 0.3 is 0 Å². The molecule has 3 aromatic heterocycles. The molecular formula is C22H16ClFN6. The minimum Gasteiger partial charge on any atom is -0.362 e. The molecule has 6 nitrogen and oxygen atoms in total. The van der Waals surface area contributed by atoms with Crippen LogP contribution in [0.1, 0.15) is 18.5 Å². The molecule has 0 spiro atoms. The Balaban J connectivity index is 1.66. The number of H-pyrrole nitrogens is 1. The Kier molecular flexibility index (Phi) is 4.52. The van der Waals surface area contributed by atoms with Crippen molar-refractivity contribution in [2.45, 2.75) is 13.0 Å². The number of fused-ring (bicyclic) bond motifs is 2. The Hall–Kier alpha value is -3.58. The number of aromatic amines is 1. The first-order chi connectivity index (χ1) is 14.6. The van der Waals surface area contributed by atoms with E-state index in [-0.39, 0.29) is 11.9 Å². The summed E-state index contributed by atoms with van der Waals surface area (Å²) in [5.74, 6) is 0.277. The Labute approximate surface area is 176 Å². The average molecular weight is 419 g/mol. The van der Waals surface area contributed by atoms with E-state index in [1.807, 2.05) is 37.3 Å². The van der Waals surface area contributed by atoms with Crippen LogP contribution >= 0.6 is 11.6 Å². The summed E-state index contributed by atoms with van der Waals surface area (Å²) in [4.78, 5) is 20.6. The van der Waals surface area contributed by atoms with E-state index in [2.05, 4.69) is 25.3 Å². The smallest absolute Gasteiger partial charge is 0.162 e. The molecule has 0 amide bonds. The van der Waals surface area contributed by atoms with Gasteiger partial charge in [0, 0.05) is 27.6 Å². The Morgan fingerprint density at radius 3 is 2.80 bits per heavy atom. The molecule has 2 N–H and O–H groups in total. The number of benzene rings is 2. The van der Waals surface area contributed by atoms with E-state index in [0.29, 0.717) is 33.2 Å². The van der Waals surface area contributed by atoms with Crippen molar-refractivity contribution in [1.82, 2.24) is 24.9 Å². The number of hydrogen-bond donors (Lipinski definition) is 2. The van der Waals surface area contributed by atoms with Crippen molar-refractivity contribution in [2.75, 3.05) is 5.32 Å². The van der Waals surface area contributed by atoms with E-state index >= 15 is 0 Å². The topological polar surface area (TPSA) is 79.4 Å². The van der Waals surface area contributed by atoms with Gasteiger partial charge in [0.15, 0.2) is 11.5 Å². The molecule has 0 aliphatic carbocycles. The van der Waals surface area contributed by atoms with Gasteiger partial charge in [-0.1, -0.05) is 29.8 Å². The van der Waals surface area contributed by atoms with Crippen LogP contribution in [-0.4, -0.2) is 24.9 Å². The van der Waals surface area contributed by atoms with Gasteiger partial charge in [-0.05, 0) is 31.2 Å². The fourth-order valence-electron chi connectivity index (χ4n) is 3.51. The maximum atomic E-state index is 13.8. The third-order valence-electron chi connectivity index (χ3n) is 4.98. The number of imidazole rings is 1. The van der Waals surface area contributed by atoms with Crippen molar-refractivity contribution in [1.29, 1.82) is 0 Å². The van der Waals surface area contributed by atoms with Crippen LogP contribution in [0.4, 0.5) is 10.2 Å². The SMILES string of the molecule is C[C@@H](Nc1ncnc2[nH]cnc12)c1cc2ccc(F)cc2nc1-c1ccccc1Cl. The molecule has 0 saturated carbocycles. The molecule has 1 atom stereocenters. The first-order valence-corrected chi connectivity index (χ1v) is 9.73. The third kappa shape index (κ3) is 3.23. The van der Waals surface area contributed by atoms with Crippen LogP contribution in [0.5, 0.6) is 0 Å². The molecule has 2 aromatic carbocycles. The molecule has 8 heteroatoms. The molecule has 5 aromatic rings. The van der Waals surface area contributed by atoms with Crippen molar-refractivity contribution in [3.8, 4) is 11.3 Å². The molecule has 5 rings (SSSR count). The van der Waals surface area contributed by atoms with Gasteiger partial charge in [0.25, 0.3) is 0 Å². The van der Waals surface area contributed by atoms with Crippen LogP contribution in [0.3, 0.4) is 0 Å². The van der Waals surface area contributed by atoms with E-state index in [0.717, 1.165) is 16.5 Å². The molecule has 148 valence electrons. The van der Waals surface area contributed by atoms with Crippen molar-refractivity contribution in [3.63, 3.8) is 0 Å². The van der Waals surface area contributed by atoms with Crippen LogP contribution in [-0.2, 0) is 0 Å². The van der Waals surface area contributed by atoms with E-state index in [1.165, 1.54) is 18.5 Å². The number of halogens is 2. The maximum absolute atomic E-state index is 13.8. The summed E-state index contributed by atoms with van der Waals surface area (Å²) in [5, 5.41) is 4.81. The highest BCUT2D eigenvalue weighted by molar-refractivity contribution is 6.33. The van der Waals surface area contributed by atoms with Gasteiger partial charge in [-0.3, -0.25) is 0 Å². The zero-order valence-corrected chi connectivity index (χ0v) is 16.7. The lowest BCUT2D eigenvalue weighted by Crippen LogP contribution is -2.11. The Morgan fingerprint density at radius 1 is 1.07 bits per heavy atom. The number of hydrogen-bond acceptors (Lipinski definition) is 5. The molecular weight excluding hydrogens is 403 g/mol. The van der Waals surface area contributed by atoms with Gasteiger partial charge in [0.2, 0.25) is 0 Å². The van der Waals surface area contributed by atoms with Gasteiger partial charge in [0.1, 0.15) is 17.7 Å². The second kappa shape index (κ2) is 7.35. The first kappa shape index (κ1) is 18.4. The van der Waals surface area contributed by atoms with Crippen LogP contribution in [0.15, 0.2) is 61.2 Å².